The molecule has 2 heterocycles. The molecule has 14 heteroatoms. The molecule has 0 bridgehead atoms. The minimum Gasteiger partial charge on any atom is -0.870 e. The Morgan fingerprint density at radius 1 is 0.861 bits per heavy atom. The zero-order valence-electron chi connectivity index (χ0n) is 20.1. The minimum absolute atomic E-state index is 0. The van der Waals surface area contributed by atoms with Gasteiger partial charge in [-0.15, -0.1) is 10.2 Å². The summed E-state index contributed by atoms with van der Waals surface area (Å²) >= 11 is 0. The molecule has 2 N–H and O–H groups in total. The fourth-order valence-electron chi connectivity index (χ4n) is 2.68. The first-order chi connectivity index (χ1) is 16.4. The van der Waals surface area contributed by atoms with Crippen LogP contribution in [0, 0.1) is 0 Å². The van der Waals surface area contributed by atoms with Crippen molar-refractivity contribution in [3.8, 4) is 22.9 Å². The Labute approximate surface area is 218 Å². The van der Waals surface area contributed by atoms with Crippen LogP contribution < -0.4 is 28.3 Å². The predicted molar refractivity (Wildman–Crippen MR) is 121 cm³/mol. The number of hydrogen-bond donors (Lipinski definition) is 1. The summed E-state index contributed by atoms with van der Waals surface area (Å²) < 4.78 is 17.9. The zero-order valence-corrected chi connectivity index (χ0v) is 20.1. The number of aromatic carboxylic acids is 1. The first-order valence-corrected chi connectivity index (χ1v) is 9.99. The van der Waals surface area contributed by atoms with Crippen LogP contribution in [0.25, 0.3) is 11.4 Å². The van der Waals surface area contributed by atoms with E-state index in [0.717, 1.165) is 5.69 Å². The first-order valence-electron chi connectivity index (χ1n) is 9.99. The third kappa shape index (κ3) is 7.67. The van der Waals surface area contributed by atoms with Gasteiger partial charge in [0.2, 0.25) is 0 Å². The number of nitrogens with zero attached hydrogens (tertiary/aromatic N) is 6. The molecule has 36 heavy (non-hydrogen) atoms. The Morgan fingerprint density at radius 2 is 1.33 bits per heavy atom. The van der Waals surface area contributed by atoms with E-state index in [-0.39, 0.29) is 35.7 Å². The molecule has 184 valence electrons. The molecule has 0 aliphatic carbocycles. The van der Waals surface area contributed by atoms with Gasteiger partial charge < -0.3 is 24.8 Å². The molecule has 0 aliphatic heterocycles. The average Bonchev–Trinajstić information content (AvgIpc) is 3.55. The largest absolute Gasteiger partial charge is 1.00 e. The Balaban J connectivity index is 0.000000343. The molecular weight excluding hydrogens is 467 g/mol. The minimum atomic E-state index is -1.10. The average molecular weight is 490 g/mol. The number of esters is 1. The van der Waals surface area contributed by atoms with Crippen LogP contribution in [0.1, 0.15) is 27.9 Å². The molecule has 13 nitrogen and oxygen atoms in total. The predicted octanol–water partition coefficient (Wildman–Crippen LogP) is -0.746. The molecule has 2 aromatic heterocycles. The molecule has 4 aromatic rings. The Bertz CT molecular complexity index is 1280. The Morgan fingerprint density at radius 3 is 1.75 bits per heavy atom. The molecule has 0 atom stereocenters. The van der Waals surface area contributed by atoms with Crippen molar-refractivity contribution >= 4 is 11.9 Å². The number of methoxy groups -OCH3 is 2. The van der Waals surface area contributed by atoms with Crippen molar-refractivity contribution in [3.05, 3.63) is 72.3 Å². The van der Waals surface area contributed by atoms with Crippen LogP contribution in [0.15, 0.2) is 60.9 Å². The van der Waals surface area contributed by atoms with Gasteiger partial charge in [-0.05, 0) is 31.2 Å². The van der Waals surface area contributed by atoms with Crippen LogP contribution in [0.5, 0.6) is 11.5 Å². The maximum Gasteiger partial charge on any atom is 1.00 e. The summed E-state index contributed by atoms with van der Waals surface area (Å²) in [5, 5.41) is 23.6. The molecule has 0 fully saturated rings. The van der Waals surface area contributed by atoms with Crippen molar-refractivity contribution in [3.63, 3.8) is 0 Å². The number of rotatable bonds is 7. The SMILES string of the molecule is CCOC(=O)c1cn(-c2cccc(OC)c2)nn1.COc1cccc(-n2cc(C(=O)O)nn2)c1.[Li+].[OH-]. The normalized spacial score (nSPS) is 9.53. The van der Waals surface area contributed by atoms with E-state index in [1.165, 1.54) is 21.8 Å². The van der Waals surface area contributed by atoms with Gasteiger partial charge in [0, 0.05) is 12.1 Å². The van der Waals surface area contributed by atoms with Crippen molar-refractivity contribution < 1.29 is 53.2 Å². The van der Waals surface area contributed by atoms with Crippen molar-refractivity contribution in [2.24, 2.45) is 0 Å². The molecule has 0 saturated carbocycles. The fourth-order valence-corrected chi connectivity index (χ4v) is 2.68. The van der Waals surface area contributed by atoms with Gasteiger partial charge in [0.15, 0.2) is 11.4 Å². The zero-order chi connectivity index (χ0) is 24.5. The van der Waals surface area contributed by atoms with E-state index in [4.69, 9.17) is 19.3 Å². The second-order valence-corrected chi connectivity index (χ2v) is 6.53. The molecule has 0 saturated heterocycles. The monoisotopic (exact) mass is 490 g/mol. The first kappa shape index (κ1) is 29.8. The van der Waals surface area contributed by atoms with E-state index in [9.17, 15) is 9.59 Å². The van der Waals surface area contributed by atoms with E-state index >= 15 is 0 Å². The van der Waals surface area contributed by atoms with Gasteiger partial charge in [-0.2, -0.15) is 0 Å². The quantitative estimate of drug-likeness (QED) is 0.255. The van der Waals surface area contributed by atoms with E-state index in [1.807, 2.05) is 18.2 Å². The Hall–Kier alpha value is -4.18. The Kier molecular flexibility index (Phi) is 11.8. The molecule has 0 radical (unpaired) electrons. The van der Waals surface area contributed by atoms with Crippen LogP contribution in [-0.2, 0) is 4.74 Å². The summed E-state index contributed by atoms with van der Waals surface area (Å²) in [5.74, 6) is -0.202. The summed E-state index contributed by atoms with van der Waals surface area (Å²) in [7, 11) is 3.15. The van der Waals surface area contributed by atoms with E-state index < -0.39 is 11.9 Å². The van der Waals surface area contributed by atoms with Crippen LogP contribution in [-0.4, -0.2) is 73.3 Å². The number of carbonyl (C=O) groups excluding carboxylic acids is 1. The standard InChI is InChI=1S/C12H13N3O3.C10H9N3O3.Li.H2O/c1-3-18-12(16)11-8-15(14-13-11)9-5-4-6-10(7-9)17-2;1-16-8-4-2-3-7(5-8)13-6-9(10(14)15)11-12-13;;/h4-8H,3H2,1-2H3;2-6H,1H3,(H,14,15);;1H2/q;;+1;/p-1. The van der Waals surface area contributed by atoms with E-state index in [1.54, 1.807) is 51.5 Å². The van der Waals surface area contributed by atoms with Crippen molar-refractivity contribution in [2.75, 3.05) is 20.8 Å². The molecular formula is C22H23LiN6O7. The van der Waals surface area contributed by atoms with Gasteiger partial charge in [-0.25, -0.2) is 19.0 Å². The van der Waals surface area contributed by atoms with Gasteiger partial charge in [0.05, 0.1) is 44.6 Å². The molecule has 2 aromatic carbocycles. The van der Waals surface area contributed by atoms with Crippen molar-refractivity contribution in [1.82, 2.24) is 30.0 Å². The van der Waals surface area contributed by atoms with Gasteiger partial charge >= 0.3 is 30.8 Å². The third-order valence-corrected chi connectivity index (χ3v) is 4.33. The number of hydrogen-bond acceptors (Lipinski definition) is 10. The number of benzene rings is 2. The van der Waals surface area contributed by atoms with E-state index in [0.29, 0.717) is 23.8 Å². The van der Waals surface area contributed by atoms with Gasteiger partial charge in [-0.1, -0.05) is 22.6 Å². The molecule has 0 amide bonds. The number of carboxylic acid groups (broad SMARTS) is 1. The maximum atomic E-state index is 11.4. The van der Waals surface area contributed by atoms with Crippen molar-refractivity contribution in [1.29, 1.82) is 0 Å². The third-order valence-electron chi connectivity index (χ3n) is 4.33. The van der Waals surface area contributed by atoms with Gasteiger partial charge in [0.1, 0.15) is 11.5 Å². The molecule has 0 spiro atoms. The number of aromatic nitrogens is 6. The van der Waals surface area contributed by atoms with Crippen LogP contribution >= 0.6 is 0 Å². The van der Waals surface area contributed by atoms with Gasteiger partial charge in [-0.3, -0.25) is 0 Å². The van der Waals surface area contributed by atoms with Crippen molar-refractivity contribution in [2.45, 2.75) is 6.92 Å². The van der Waals surface area contributed by atoms with Crippen LogP contribution in [0.3, 0.4) is 0 Å². The van der Waals surface area contributed by atoms with Crippen LogP contribution in [0.2, 0.25) is 0 Å². The van der Waals surface area contributed by atoms with E-state index in [2.05, 4.69) is 20.6 Å². The summed E-state index contributed by atoms with van der Waals surface area (Å²) in [5.41, 5.74) is 1.54. The summed E-state index contributed by atoms with van der Waals surface area (Å²) in [6.07, 6.45) is 2.86. The number of carbonyl (C=O) groups is 2. The molecule has 0 aliphatic rings. The second kappa shape index (κ2) is 14.3. The second-order valence-electron chi connectivity index (χ2n) is 6.53. The molecule has 0 unspecified atom stereocenters. The number of carboxylic acids is 1. The number of ether oxygens (including phenoxy) is 3. The van der Waals surface area contributed by atoms with Gasteiger partial charge in [0.25, 0.3) is 0 Å². The fraction of sp³-hybridized carbons (Fsp3) is 0.182. The summed E-state index contributed by atoms with van der Waals surface area (Å²) in [4.78, 5) is 22.1. The van der Waals surface area contributed by atoms with Crippen LogP contribution in [0.4, 0.5) is 0 Å². The maximum absolute atomic E-state index is 11.4. The summed E-state index contributed by atoms with van der Waals surface area (Å²) in [6.45, 7) is 2.05. The molecule has 4 rings (SSSR count). The smallest absolute Gasteiger partial charge is 0.870 e. The summed E-state index contributed by atoms with van der Waals surface area (Å²) in [6, 6.07) is 14.4. The topological polar surface area (TPSA) is 173 Å².